The van der Waals surface area contributed by atoms with Crippen molar-refractivity contribution in [1.29, 1.82) is 0 Å². The van der Waals surface area contributed by atoms with Gasteiger partial charge < -0.3 is 9.47 Å². The number of methoxy groups -OCH3 is 2. The minimum absolute atomic E-state index is 0.774. The summed E-state index contributed by atoms with van der Waals surface area (Å²) >= 11 is 3.52. The second kappa shape index (κ2) is 6.43. The fourth-order valence-corrected chi connectivity index (χ4v) is 2.61. The van der Waals surface area contributed by atoms with E-state index in [9.17, 15) is 0 Å². The number of halogens is 1. The molecule has 4 heteroatoms. The molecular formula is C14H20BrNO2. The lowest BCUT2D eigenvalue weighted by molar-refractivity contribution is 0.271. The van der Waals surface area contributed by atoms with Crippen LogP contribution in [-0.2, 0) is 6.54 Å². The molecule has 0 aromatic heterocycles. The third-order valence-corrected chi connectivity index (χ3v) is 3.62. The predicted octanol–water partition coefficient (Wildman–Crippen LogP) is 3.06. The van der Waals surface area contributed by atoms with Crippen molar-refractivity contribution in [2.24, 2.45) is 0 Å². The molecule has 3 nitrogen and oxygen atoms in total. The molecule has 1 saturated carbocycles. The van der Waals surface area contributed by atoms with Crippen LogP contribution in [0, 0.1) is 0 Å². The van der Waals surface area contributed by atoms with Crippen molar-refractivity contribution in [1.82, 2.24) is 4.90 Å². The Kier molecular flexibility index (Phi) is 4.89. The van der Waals surface area contributed by atoms with Crippen LogP contribution in [0.25, 0.3) is 0 Å². The minimum Gasteiger partial charge on any atom is -0.493 e. The van der Waals surface area contributed by atoms with Crippen LogP contribution >= 0.6 is 15.9 Å². The van der Waals surface area contributed by atoms with Crippen molar-refractivity contribution in [3.63, 3.8) is 0 Å². The minimum atomic E-state index is 0.774. The van der Waals surface area contributed by atoms with Crippen LogP contribution in [0.1, 0.15) is 18.4 Å². The Morgan fingerprint density at radius 3 is 2.50 bits per heavy atom. The van der Waals surface area contributed by atoms with E-state index in [0.29, 0.717) is 0 Å². The summed E-state index contributed by atoms with van der Waals surface area (Å²) in [5.41, 5.74) is 1.28. The van der Waals surface area contributed by atoms with Crippen LogP contribution in [0.15, 0.2) is 18.2 Å². The van der Waals surface area contributed by atoms with Crippen LogP contribution in [0.5, 0.6) is 11.5 Å². The molecule has 1 aromatic rings. The molecule has 0 aliphatic heterocycles. The number of rotatable bonds is 7. The van der Waals surface area contributed by atoms with E-state index in [2.05, 4.69) is 33.0 Å². The van der Waals surface area contributed by atoms with Crippen LogP contribution in [0.2, 0.25) is 0 Å². The van der Waals surface area contributed by atoms with Gasteiger partial charge in [-0.1, -0.05) is 22.0 Å². The maximum atomic E-state index is 5.34. The average molecular weight is 314 g/mol. The summed E-state index contributed by atoms with van der Waals surface area (Å²) in [7, 11) is 3.34. The first kappa shape index (κ1) is 13.7. The molecule has 0 amide bonds. The molecule has 0 heterocycles. The molecule has 2 rings (SSSR count). The lowest BCUT2D eigenvalue weighted by Gasteiger charge is -2.21. The van der Waals surface area contributed by atoms with E-state index in [-0.39, 0.29) is 0 Å². The first-order chi connectivity index (χ1) is 8.78. The van der Waals surface area contributed by atoms with Gasteiger partial charge in [-0.05, 0) is 30.5 Å². The zero-order chi connectivity index (χ0) is 13.0. The lowest BCUT2D eigenvalue weighted by atomic mass is 10.2. The highest BCUT2D eigenvalue weighted by molar-refractivity contribution is 9.09. The Labute approximate surface area is 117 Å². The number of hydrogen-bond acceptors (Lipinski definition) is 3. The van der Waals surface area contributed by atoms with Crippen molar-refractivity contribution < 1.29 is 9.47 Å². The number of benzene rings is 1. The van der Waals surface area contributed by atoms with Gasteiger partial charge in [0.1, 0.15) is 0 Å². The molecule has 0 spiro atoms. The number of nitrogens with zero attached hydrogens (tertiary/aromatic N) is 1. The second-order valence-electron chi connectivity index (χ2n) is 4.58. The van der Waals surface area contributed by atoms with Crippen molar-refractivity contribution in [3.8, 4) is 11.5 Å². The molecule has 0 radical (unpaired) electrons. The van der Waals surface area contributed by atoms with Gasteiger partial charge in [0.15, 0.2) is 11.5 Å². The van der Waals surface area contributed by atoms with E-state index in [0.717, 1.165) is 36.0 Å². The van der Waals surface area contributed by atoms with E-state index < -0.39 is 0 Å². The van der Waals surface area contributed by atoms with Gasteiger partial charge in [-0.25, -0.2) is 0 Å². The molecule has 1 aliphatic carbocycles. The molecule has 1 aromatic carbocycles. The molecule has 0 saturated heterocycles. The van der Waals surface area contributed by atoms with Gasteiger partial charge >= 0.3 is 0 Å². The highest BCUT2D eigenvalue weighted by Gasteiger charge is 2.28. The topological polar surface area (TPSA) is 21.7 Å². The van der Waals surface area contributed by atoms with E-state index >= 15 is 0 Å². The Hall–Kier alpha value is -0.740. The standard InChI is InChI=1S/C14H20BrNO2/c1-17-13-6-3-11(9-14(13)18-2)10-16(8-7-15)12-4-5-12/h3,6,9,12H,4-5,7-8,10H2,1-2H3. The van der Waals surface area contributed by atoms with Gasteiger partial charge in [0, 0.05) is 24.5 Å². The van der Waals surface area contributed by atoms with Crippen molar-refractivity contribution in [2.75, 3.05) is 26.1 Å². The second-order valence-corrected chi connectivity index (χ2v) is 5.37. The fourth-order valence-electron chi connectivity index (χ4n) is 2.15. The molecule has 0 N–H and O–H groups in total. The summed E-state index contributed by atoms with van der Waals surface area (Å²) in [6.45, 7) is 2.08. The van der Waals surface area contributed by atoms with E-state index in [1.165, 1.54) is 18.4 Å². The fraction of sp³-hybridized carbons (Fsp3) is 0.571. The van der Waals surface area contributed by atoms with Gasteiger partial charge in [0.05, 0.1) is 14.2 Å². The van der Waals surface area contributed by atoms with Gasteiger partial charge in [0.25, 0.3) is 0 Å². The zero-order valence-electron chi connectivity index (χ0n) is 11.0. The Bertz CT molecular complexity index is 393. The monoisotopic (exact) mass is 313 g/mol. The number of alkyl halides is 1. The summed E-state index contributed by atoms with van der Waals surface area (Å²) in [6, 6.07) is 6.94. The van der Waals surface area contributed by atoms with Crippen LogP contribution in [-0.4, -0.2) is 37.0 Å². The number of hydrogen-bond donors (Lipinski definition) is 0. The van der Waals surface area contributed by atoms with E-state index in [1.54, 1.807) is 14.2 Å². The van der Waals surface area contributed by atoms with Crippen molar-refractivity contribution in [2.45, 2.75) is 25.4 Å². The molecule has 18 heavy (non-hydrogen) atoms. The predicted molar refractivity (Wildman–Crippen MR) is 76.8 cm³/mol. The normalized spacial score (nSPS) is 14.9. The molecular weight excluding hydrogens is 294 g/mol. The van der Waals surface area contributed by atoms with Crippen molar-refractivity contribution >= 4 is 15.9 Å². The SMILES string of the molecule is COc1ccc(CN(CCBr)C2CC2)cc1OC. The largest absolute Gasteiger partial charge is 0.493 e. The van der Waals surface area contributed by atoms with Crippen LogP contribution < -0.4 is 9.47 Å². The highest BCUT2D eigenvalue weighted by Crippen LogP contribution is 2.31. The quantitative estimate of drug-likeness (QED) is 0.722. The van der Waals surface area contributed by atoms with Gasteiger partial charge in [0.2, 0.25) is 0 Å². The molecule has 0 unspecified atom stereocenters. The van der Waals surface area contributed by atoms with Crippen LogP contribution in [0.4, 0.5) is 0 Å². The summed E-state index contributed by atoms with van der Waals surface area (Å²) in [5.74, 6) is 1.60. The van der Waals surface area contributed by atoms with E-state index in [4.69, 9.17) is 9.47 Å². The smallest absolute Gasteiger partial charge is 0.161 e. The summed E-state index contributed by atoms with van der Waals surface area (Å²) in [4.78, 5) is 2.52. The summed E-state index contributed by atoms with van der Waals surface area (Å²) < 4.78 is 10.6. The molecule has 1 fully saturated rings. The molecule has 0 bridgehead atoms. The Morgan fingerprint density at radius 2 is 1.94 bits per heavy atom. The maximum absolute atomic E-state index is 5.34. The maximum Gasteiger partial charge on any atom is 0.161 e. The van der Waals surface area contributed by atoms with Crippen LogP contribution in [0.3, 0.4) is 0 Å². The van der Waals surface area contributed by atoms with Gasteiger partial charge in [-0.2, -0.15) is 0 Å². The van der Waals surface area contributed by atoms with Gasteiger partial charge in [-0.3, -0.25) is 4.90 Å². The Morgan fingerprint density at radius 1 is 1.22 bits per heavy atom. The third-order valence-electron chi connectivity index (χ3n) is 3.27. The molecule has 100 valence electrons. The first-order valence-corrected chi connectivity index (χ1v) is 7.41. The van der Waals surface area contributed by atoms with Crippen molar-refractivity contribution in [3.05, 3.63) is 23.8 Å². The third kappa shape index (κ3) is 3.39. The summed E-state index contributed by atoms with van der Waals surface area (Å²) in [5, 5.41) is 1.02. The summed E-state index contributed by atoms with van der Waals surface area (Å²) in [6.07, 6.45) is 2.67. The molecule has 1 aliphatic rings. The van der Waals surface area contributed by atoms with E-state index in [1.807, 2.05) is 6.07 Å². The Balaban J connectivity index is 2.07. The zero-order valence-corrected chi connectivity index (χ0v) is 12.6. The molecule has 0 atom stereocenters. The number of ether oxygens (including phenoxy) is 2. The highest BCUT2D eigenvalue weighted by atomic mass is 79.9. The lowest BCUT2D eigenvalue weighted by Crippen LogP contribution is -2.27. The van der Waals surface area contributed by atoms with Gasteiger partial charge in [-0.15, -0.1) is 0 Å². The first-order valence-electron chi connectivity index (χ1n) is 6.29. The average Bonchev–Trinajstić information content (AvgIpc) is 3.22.